The number of hydrogen-bond donors (Lipinski definition) is 1. The standard InChI is InChI=1S/C14H18N4O3S/c1-2-20-13(19)11-9-22-14(17-11)16-10-7-15-18(8-10)12-5-3-4-6-21-12/h7-9,12H,2-6H2,1H3,(H,16,17). The summed E-state index contributed by atoms with van der Waals surface area (Å²) in [4.78, 5) is 15.8. The molecule has 3 rings (SSSR count). The summed E-state index contributed by atoms with van der Waals surface area (Å²) >= 11 is 1.35. The van der Waals surface area contributed by atoms with Crippen molar-refractivity contribution in [2.24, 2.45) is 0 Å². The molecule has 0 spiro atoms. The monoisotopic (exact) mass is 322 g/mol. The lowest BCUT2D eigenvalue weighted by molar-refractivity contribution is -0.0394. The van der Waals surface area contributed by atoms with E-state index in [4.69, 9.17) is 9.47 Å². The number of hydrogen-bond acceptors (Lipinski definition) is 7. The Balaban J connectivity index is 1.63. The molecule has 2 aromatic heterocycles. The maximum absolute atomic E-state index is 11.6. The zero-order valence-corrected chi connectivity index (χ0v) is 13.1. The van der Waals surface area contributed by atoms with Gasteiger partial charge in [-0.15, -0.1) is 11.3 Å². The van der Waals surface area contributed by atoms with Crippen LogP contribution in [0.1, 0.15) is 42.9 Å². The van der Waals surface area contributed by atoms with Gasteiger partial charge in [-0.2, -0.15) is 5.10 Å². The van der Waals surface area contributed by atoms with Gasteiger partial charge in [-0.3, -0.25) is 0 Å². The Morgan fingerprint density at radius 3 is 3.27 bits per heavy atom. The smallest absolute Gasteiger partial charge is 0.357 e. The van der Waals surface area contributed by atoms with Gasteiger partial charge in [0.2, 0.25) is 0 Å². The first-order valence-corrected chi connectivity index (χ1v) is 8.19. The average molecular weight is 322 g/mol. The topological polar surface area (TPSA) is 78.3 Å². The fourth-order valence-corrected chi connectivity index (χ4v) is 2.95. The quantitative estimate of drug-likeness (QED) is 0.853. The molecular formula is C14H18N4O3S. The van der Waals surface area contributed by atoms with E-state index in [9.17, 15) is 4.79 Å². The molecule has 0 aromatic carbocycles. The third-order valence-corrected chi connectivity index (χ3v) is 4.05. The molecule has 0 radical (unpaired) electrons. The van der Waals surface area contributed by atoms with Gasteiger partial charge < -0.3 is 14.8 Å². The Kier molecular flexibility index (Phi) is 4.69. The molecule has 1 atom stereocenters. The number of carbonyl (C=O) groups is 1. The molecule has 2 aromatic rings. The lowest BCUT2D eigenvalue weighted by Gasteiger charge is -2.22. The van der Waals surface area contributed by atoms with E-state index in [2.05, 4.69) is 15.4 Å². The Labute approximate surface area is 132 Å². The second kappa shape index (κ2) is 6.89. The van der Waals surface area contributed by atoms with Crippen molar-refractivity contribution in [1.29, 1.82) is 0 Å². The van der Waals surface area contributed by atoms with E-state index in [-0.39, 0.29) is 6.23 Å². The van der Waals surface area contributed by atoms with Crippen LogP contribution in [0.3, 0.4) is 0 Å². The summed E-state index contributed by atoms with van der Waals surface area (Å²) in [6, 6.07) is 0. The molecule has 1 saturated heterocycles. The van der Waals surface area contributed by atoms with Crippen molar-refractivity contribution in [1.82, 2.24) is 14.8 Å². The van der Waals surface area contributed by atoms with Crippen LogP contribution in [0.5, 0.6) is 0 Å². The molecule has 1 aliphatic rings. The first kappa shape index (κ1) is 15.0. The largest absolute Gasteiger partial charge is 0.461 e. The van der Waals surface area contributed by atoms with Gasteiger partial charge >= 0.3 is 5.97 Å². The lowest BCUT2D eigenvalue weighted by atomic mass is 10.2. The predicted octanol–water partition coefficient (Wildman–Crippen LogP) is 2.96. The number of esters is 1. The van der Waals surface area contributed by atoms with E-state index in [1.807, 2.05) is 10.9 Å². The van der Waals surface area contributed by atoms with Gasteiger partial charge in [0.25, 0.3) is 0 Å². The summed E-state index contributed by atoms with van der Waals surface area (Å²) in [6.07, 6.45) is 6.87. The minimum absolute atomic E-state index is 0.00990. The highest BCUT2D eigenvalue weighted by atomic mass is 32.1. The molecular weight excluding hydrogens is 304 g/mol. The van der Waals surface area contributed by atoms with Gasteiger partial charge in [0.05, 0.1) is 24.7 Å². The Morgan fingerprint density at radius 1 is 1.59 bits per heavy atom. The summed E-state index contributed by atoms with van der Waals surface area (Å²) in [5, 5.41) is 9.77. The first-order valence-electron chi connectivity index (χ1n) is 7.31. The van der Waals surface area contributed by atoms with Crippen molar-refractivity contribution in [3.8, 4) is 0 Å². The van der Waals surface area contributed by atoms with Gasteiger partial charge in [-0.05, 0) is 26.2 Å². The van der Waals surface area contributed by atoms with Crippen LogP contribution in [-0.2, 0) is 9.47 Å². The number of nitrogens with zero attached hydrogens (tertiary/aromatic N) is 3. The zero-order chi connectivity index (χ0) is 15.4. The number of aromatic nitrogens is 3. The van der Waals surface area contributed by atoms with Crippen molar-refractivity contribution in [2.45, 2.75) is 32.4 Å². The molecule has 0 amide bonds. The molecule has 1 aliphatic heterocycles. The van der Waals surface area contributed by atoms with E-state index >= 15 is 0 Å². The van der Waals surface area contributed by atoms with Crippen LogP contribution in [0.2, 0.25) is 0 Å². The predicted molar refractivity (Wildman–Crippen MR) is 82.4 cm³/mol. The molecule has 7 nitrogen and oxygen atoms in total. The average Bonchev–Trinajstić information content (AvgIpc) is 3.18. The van der Waals surface area contributed by atoms with E-state index in [1.54, 1.807) is 18.5 Å². The van der Waals surface area contributed by atoms with Crippen LogP contribution in [0.4, 0.5) is 10.8 Å². The highest BCUT2D eigenvalue weighted by molar-refractivity contribution is 7.14. The van der Waals surface area contributed by atoms with Crippen molar-refractivity contribution >= 4 is 28.1 Å². The summed E-state index contributed by atoms with van der Waals surface area (Å²) < 4.78 is 12.4. The van der Waals surface area contributed by atoms with Gasteiger partial charge in [0.1, 0.15) is 6.23 Å². The van der Waals surface area contributed by atoms with Crippen molar-refractivity contribution in [2.75, 3.05) is 18.5 Å². The lowest BCUT2D eigenvalue weighted by Crippen LogP contribution is -2.18. The molecule has 22 heavy (non-hydrogen) atoms. The molecule has 0 saturated carbocycles. The second-order valence-corrected chi connectivity index (χ2v) is 5.77. The highest BCUT2D eigenvalue weighted by Gasteiger charge is 2.17. The van der Waals surface area contributed by atoms with Crippen LogP contribution >= 0.6 is 11.3 Å². The normalized spacial score (nSPS) is 18.1. The van der Waals surface area contributed by atoms with E-state index in [0.717, 1.165) is 31.6 Å². The van der Waals surface area contributed by atoms with Gasteiger partial charge in [0, 0.05) is 12.0 Å². The molecule has 8 heteroatoms. The summed E-state index contributed by atoms with van der Waals surface area (Å²) in [5.74, 6) is -0.405. The van der Waals surface area contributed by atoms with Crippen LogP contribution in [0.25, 0.3) is 0 Å². The molecule has 0 bridgehead atoms. The number of nitrogens with one attached hydrogen (secondary N) is 1. The molecule has 1 fully saturated rings. The van der Waals surface area contributed by atoms with E-state index < -0.39 is 5.97 Å². The molecule has 1 N–H and O–H groups in total. The fourth-order valence-electron chi connectivity index (χ4n) is 2.25. The molecule has 1 unspecified atom stereocenters. The SMILES string of the molecule is CCOC(=O)c1csc(Nc2cnn(C3CCCCO3)c2)n1. The zero-order valence-electron chi connectivity index (χ0n) is 12.3. The first-order chi connectivity index (χ1) is 10.8. The minimum atomic E-state index is -0.405. The summed E-state index contributed by atoms with van der Waals surface area (Å²) in [7, 11) is 0. The third kappa shape index (κ3) is 3.45. The van der Waals surface area contributed by atoms with Crippen LogP contribution in [0, 0.1) is 0 Å². The minimum Gasteiger partial charge on any atom is -0.461 e. The van der Waals surface area contributed by atoms with Gasteiger partial charge in [0.15, 0.2) is 10.8 Å². The maximum Gasteiger partial charge on any atom is 0.357 e. The third-order valence-electron chi connectivity index (χ3n) is 3.29. The summed E-state index contributed by atoms with van der Waals surface area (Å²) in [5.41, 5.74) is 1.14. The Hall–Kier alpha value is -1.93. The Morgan fingerprint density at radius 2 is 2.50 bits per heavy atom. The number of rotatable bonds is 5. The van der Waals surface area contributed by atoms with Crippen LogP contribution in [0.15, 0.2) is 17.8 Å². The fraction of sp³-hybridized carbons (Fsp3) is 0.500. The van der Waals surface area contributed by atoms with E-state index in [0.29, 0.717) is 17.4 Å². The van der Waals surface area contributed by atoms with Crippen LogP contribution < -0.4 is 5.32 Å². The number of ether oxygens (including phenoxy) is 2. The second-order valence-electron chi connectivity index (χ2n) is 4.91. The van der Waals surface area contributed by atoms with Crippen molar-refractivity contribution in [3.05, 3.63) is 23.5 Å². The van der Waals surface area contributed by atoms with Gasteiger partial charge in [-0.25, -0.2) is 14.5 Å². The molecule has 0 aliphatic carbocycles. The van der Waals surface area contributed by atoms with Crippen molar-refractivity contribution < 1.29 is 14.3 Å². The molecule has 118 valence electrons. The van der Waals surface area contributed by atoms with Crippen LogP contribution in [-0.4, -0.2) is 33.9 Å². The van der Waals surface area contributed by atoms with Gasteiger partial charge in [-0.1, -0.05) is 0 Å². The highest BCUT2D eigenvalue weighted by Crippen LogP contribution is 2.25. The number of anilines is 2. The number of thiazole rings is 1. The van der Waals surface area contributed by atoms with Crippen molar-refractivity contribution in [3.63, 3.8) is 0 Å². The maximum atomic E-state index is 11.6. The summed E-state index contributed by atoms with van der Waals surface area (Å²) in [6.45, 7) is 2.89. The number of carbonyl (C=O) groups excluding carboxylic acids is 1. The molecule has 3 heterocycles. The van der Waals surface area contributed by atoms with E-state index in [1.165, 1.54) is 11.3 Å². The Bertz CT molecular complexity index is 634.